The molecule has 100 valence electrons. The zero-order valence-corrected chi connectivity index (χ0v) is 11.6. The fraction of sp³-hybridized carbons (Fsp3) is 0.500. The van der Waals surface area contributed by atoms with Gasteiger partial charge in [0, 0.05) is 19.1 Å². The molecular formula is C12H18N2O3S. The largest absolute Gasteiger partial charge is 0.497 e. The van der Waals surface area contributed by atoms with E-state index in [2.05, 4.69) is 10.0 Å². The molecule has 1 heterocycles. The molecule has 0 radical (unpaired) electrons. The SMILES string of the molecule is COc1cc(C)c(S(=O)(=O)NC2CNC2)c(C)c1. The van der Waals surface area contributed by atoms with Crippen molar-refractivity contribution < 1.29 is 13.2 Å². The molecule has 2 rings (SSSR count). The molecule has 5 nitrogen and oxygen atoms in total. The predicted octanol–water partition coefficient (Wildman–Crippen LogP) is 0.562. The van der Waals surface area contributed by atoms with Crippen LogP contribution in [0.5, 0.6) is 5.75 Å². The Morgan fingerprint density at radius 1 is 1.28 bits per heavy atom. The molecule has 2 N–H and O–H groups in total. The smallest absolute Gasteiger partial charge is 0.241 e. The average molecular weight is 270 g/mol. The summed E-state index contributed by atoms with van der Waals surface area (Å²) in [7, 11) is -1.88. The van der Waals surface area contributed by atoms with E-state index in [1.807, 2.05) is 0 Å². The molecule has 0 aliphatic carbocycles. The maximum Gasteiger partial charge on any atom is 0.241 e. The Balaban J connectivity index is 2.37. The van der Waals surface area contributed by atoms with Crippen LogP contribution in [0.4, 0.5) is 0 Å². The van der Waals surface area contributed by atoms with Crippen molar-refractivity contribution >= 4 is 10.0 Å². The van der Waals surface area contributed by atoms with Gasteiger partial charge < -0.3 is 10.1 Å². The summed E-state index contributed by atoms with van der Waals surface area (Å²) in [4.78, 5) is 0.357. The van der Waals surface area contributed by atoms with E-state index in [0.717, 1.165) is 0 Å². The van der Waals surface area contributed by atoms with Crippen molar-refractivity contribution in [2.45, 2.75) is 24.8 Å². The first kappa shape index (κ1) is 13.3. The molecule has 0 saturated carbocycles. The number of nitrogens with one attached hydrogen (secondary N) is 2. The van der Waals surface area contributed by atoms with E-state index in [1.165, 1.54) is 0 Å². The molecule has 18 heavy (non-hydrogen) atoms. The number of methoxy groups -OCH3 is 1. The van der Waals surface area contributed by atoms with Crippen molar-refractivity contribution in [1.82, 2.24) is 10.0 Å². The van der Waals surface area contributed by atoms with Gasteiger partial charge in [-0.15, -0.1) is 0 Å². The molecule has 6 heteroatoms. The first-order valence-electron chi connectivity index (χ1n) is 5.82. The molecule has 1 aromatic rings. The number of rotatable bonds is 4. The maximum atomic E-state index is 12.3. The van der Waals surface area contributed by atoms with E-state index in [0.29, 0.717) is 34.9 Å². The quantitative estimate of drug-likeness (QED) is 0.839. The van der Waals surface area contributed by atoms with E-state index in [9.17, 15) is 8.42 Å². The lowest BCUT2D eigenvalue weighted by molar-refractivity contribution is 0.409. The van der Waals surface area contributed by atoms with Gasteiger partial charge in [-0.3, -0.25) is 0 Å². The minimum atomic E-state index is -3.45. The van der Waals surface area contributed by atoms with Crippen LogP contribution in [-0.2, 0) is 10.0 Å². The van der Waals surface area contributed by atoms with E-state index in [1.54, 1.807) is 33.1 Å². The summed E-state index contributed by atoms with van der Waals surface area (Å²) in [5.74, 6) is 0.675. The van der Waals surface area contributed by atoms with E-state index in [4.69, 9.17) is 4.74 Å². The number of ether oxygens (including phenoxy) is 1. The second-order valence-electron chi connectivity index (χ2n) is 4.57. The molecule has 0 amide bonds. The zero-order valence-electron chi connectivity index (χ0n) is 10.8. The van der Waals surface area contributed by atoms with Gasteiger partial charge in [-0.2, -0.15) is 0 Å². The lowest BCUT2D eigenvalue weighted by Gasteiger charge is -2.28. The summed E-state index contributed by atoms with van der Waals surface area (Å²) in [6.45, 7) is 4.94. The number of hydrogen-bond acceptors (Lipinski definition) is 4. The van der Waals surface area contributed by atoms with E-state index in [-0.39, 0.29) is 6.04 Å². The average Bonchev–Trinajstić information content (AvgIpc) is 2.22. The third-order valence-corrected chi connectivity index (χ3v) is 4.87. The number of hydrogen-bond donors (Lipinski definition) is 2. The van der Waals surface area contributed by atoms with Gasteiger partial charge in [0.15, 0.2) is 0 Å². The Labute approximate surface area is 108 Å². The van der Waals surface area contributed by atoms with Crippen molar-refractivity contribution in [3.8, 4) is 5.75 Å². The Hall–Kier alpha value is -1.11. The highest BCUT2D eigenvalue weighted by molar-refractivity contribution is 7.89. The molecule has 0 spiro atoms. The van der Waals surface area contributed by atoms with Gasteiger partial charge in [0.2, 0.25) is 10.0 Å². The summed E-state index contributed by atoms with van der Waals surface area (Å²) < 4.78 is 32.4. The maximum absolute atomic E-state index is 12.3. The van der Waals surface area contributed by atoms with Crippen LogP contribution in [0.1, 0.15) is 11.1 Å². The molecular weight excluding hydrogens is 252 g/mol. The predicted molar refractivity (Wildman–Crippen MR) is 69.4 cm³/mol. The van der Waals surface area contributed by atoms with Crippen LogP contribution in [0.25, 0.3) is 0 Å². The summed E-state index contributed by atoms with van der Waals surface area (Å²) in [6.07, 6.45) is 0. The fourth-order valence-corrected chi connectivity index (χ4v) is 3.79. The number of aryl methyl sites for hydroxylation is 2. The van der Waals surface area contributed by atoms with Gasteiger partial charge >= 0.3 is 0 Å². The standard InChI is InChI=1S/C12H18N2O3S/c1-8-4-11(17-3)5-9(2)12(8)18(15,16)14-10-6-13-7-10/h4-5,10,13-14H,6-7H2,1-3H3. The summed E-state index contributed by atoms with van der Waals surface area (Å²) in [5.41, 5.74) is 1.40. The fourth-order valence-electron chi connectivity index (χ4n) is 2.10. The van der Waals surface area contributed by atoms with Crippen LogP contribution in [-0.4, -0.2) is 34.7 Å². The van der Waals surface area contributed by atoms with Crippen LogP contribution in [0.2, 0.25) is 0 Å². The zero-order chi connectivity index (χ0) is 13.3. The molecule has 1 saturated heterocycles. The lowest BCUT2D eigenvalue weighted by atomic mass is 10.1. The first-order valence-corrected chi connectivity index (χ1v) is 7.30. The van der Waals surface area contributed by atoms with E-state index >= 15 is 0 Å². The summed E-state index contributed by atoms with van der Waals surface area (Å²) in [5, 5.41) is 3.04. The Morgan fingerprint density at radius 2 is 1.83 bits per heavy atom. The van der Waals surface area contributed by atoms with Crippen molar-refractivity contribution in [2.24, 2.45) is 0 Å². The second-order valence-corrected chi connectivity index (χ2v) is 6.22. The summed E-state index contributed by atoms with van der Waals surface area (Å²) >= 11 is 0. The van der Waals surface area contributed by atoms with Crippen molar-refractivity contribution in [3.63, 3.8) is 0 Å². The highest BCUT2D eigenvalue weighted by atomic mass is 32.2. The second kappa shape index (κ2) is 4.87. The Kier molecular flexibility index (Phi) is 3.61. The molecule has 1 fully saturated rings. The topological polar surface area (TPSA) is 67.4 Å². The molecule has 1 aliphatic heterocycles. The normalized spacial score (nSPS) is 16.4. The van der Waals surface area contributed by atoms with Gasteiger partial charge in [0.05, 0.1) is 12.0 Å². The van der Waals surface area contributed by atoms with Crippen molar-refractivity contribution in [1.29, 1.82) is 0 Å². The number of benzene rings is 1. The van der Waals surface area contributed by atoms with Gasteiger partial charge in [-0.1, -0.05) is 0 Å². The minimum absolute atomic E-state index is 0.00379. The molecule has 1 aromatic carbocycles. The minimum Gasteiger partial charge on any atom is -0.497 e. The third-order valence-electron chi connectivity index (χ3n) is 3.04. The highest BCUT2D eigenvalue weighted by Crippen LogP contribution is 2.25. The Morgan fingerprint density at radius 3 is 2.22 bits per heavy atom. The number of sulfonamides is 1. The van der Waals surface area contributed by atoms with Crippen LogP contribution < -0.4 is 14.8 Å². The van der Waals surface area contributed by atoms with E-state index < -0.39 is 10.0 Å². The first-order chi connectivity index (χ1) is 8.44. The van der Waals surface area contributed by atoms with Crippen LogP contribution in [0.15, 0.2) is 17.0 Å². The molecule has 1 aliphatic rings. The van der Waals surface area contributed by atoms with Gasteiger partial charge in [0.25, 0.3) is 0 Å². The van der Waals surface area contributed by atoms with Gasteiger partial charge in [-0.05, 0) is 37.1 Å². The molecule has 0 bridgehead atoms. The van der Waals surface area contributed by atoms with Crippen LogP contribution >= 0.6 is 0 Å². The summed E-state index contributed by atoms with van der Waals surface area (Å²) in [6, 6.07) is 3.47. The monoisotopic (exact) mass is 270 g/mol. The third kappa shape index (κ3) is 2.50. The van der Waals surface area contributed by atoms with Crippen LogP contribution in [0, 0.1) is 13.8 Å². The highest BCUT2D eigenvalue weighted by Gasteiger charge is 2.27. The Bertz CT molecular complexity index is 527. The van der Waals surface area contributed by atoms with Crippen LogP contribution in [0.3, 0.4) is 0 Å². The molecule has 0 atom stereocenters. The lowest BCUT2D eigenvalue weighted by Crippen LogP contribution is -2.56. The molecule has 0 aromatic heterocycles. The van der Waals surface area contributed by atoms with Gasteiger partial charge in [-0.25, -0.2) is 13.1 Å². The van der Waals surface area contributed by atoms with Crippen molar-refractivity contribution in [2.75, 3.05) is 20.2 Å². The van der Waals surface area contributed by atoms with Crippen molar-refractivity contribution in [3.05, 3.63) is 23.3 Å². The van der Waals surface area contributed by atoms with Gasteiger partial charge in [0.1, 0.15) is 5.75 Å². The molecule has 0 unspecified atom stereocenters.